The SMILES string of the molecule is COc1cc(NC(=O)c2cc(C)nc3c2cnn3Cc2cccs2)cc(OC)c1. The summed E-state index contributed by atoms with van der Waals surface area (Å²) in [4.78, 5) is 18.8. The molecule has 0 atom stereocenters. The van der Waals surface area contributed by atoms with E-state index in [-0.39, 0.29) is 5.91 Å². The predicted molar refractivity (Wildman–Crippen MR) is 113 cm³/mol. The van der Waals surface area contributed by atoms with Crippen molar-refractivity contribution in [3.8, 4) is 11.5 Å². The quantitative estimate of drug-likeness (QED) is 0.519. The summed E-state index contributed by atoms with van der Waals surface area (Å²) in [5.74, 6) is 0.949. The van der Waals surface area contributed by atoms with E-state index in [2.05, 4.69) is 21.5 Å². The van der Waals surface area contributed by atoms with Crippen LogP contribution in [0.3, 0.4) is 0 Å². The van der Waals surface area contributed by atoms with Gasteiger partial charge in [-0.25, -0.2) is 9.67 Å². The molecule has 0 saturated heterocycles. The first-order valence-electron chi connectivity index (χ1n) is 8.97. The van der Waals surface area contributed by atoms with Gasteiger partial charge in [0.05, 0.1) is 37.9 Å². The molecule has 0 spiro atoms. The second kappa shape index (κ2) is 7.92. The third-order valence-corrected chi connectivity index (χ3v) is 5.34. The van der Waals surface area contributed by atoms with Gasteiger partial charge in [0.2, 0.25) is 0 Å². The third-order valence-electron chi connectivity index (χ3n) is 4.48. The van der Waals surface area contributed by atoms with E-state index < -0.39 is 0 Å². The van der Waals surface area contributed by atoms with Crippen molar-refractivity contribution in [2.45, 2.75) is 13.5 Å². The second-order valence-corrected chi connectivity index (χ2v) is 7.52. The molecule has 0 radical (unpaired) electrons. The summed E-state index contributed by atoms with van der Waals surface area (Å²) in [6.45, 7) is 2.49. The van der Waals surface area contributed by atoms with Crippen LogP contribution in [0, 0.1) is 6.92 Å². The van der Waals surface area contributed by atoms with Crippen LogP contribution in [0.4, 0.5) is 5.69 Å². The summed E-state index contributed by atoms with van der Waals surface area (Å²) in [5.41, 5.74) is 2.54. The lowest BCUT2D eigenvalue weighted by Gasteiger charge is -2.11. The normalized spacial score (nSPS) is 10.9. The van der Waals surface area contributed by atoms with Gasteiger partial charge in [-0.3, -0.25) is 4.79 Å². The van der Waals surface area contributed by atoms with Gasteiger partial charge >= 0.3 is 0 Å². The lowest BCUT2D eigenvalue weighted by molar-refractivity contribution is 0.102. The van der Waals surface area contributed by atoms with Crippen molar-refractivity contribution < 1.29 is 14.3 Å². The molecule has 0 bridgehead atoms. The number of aromatic nitrogens is 3. The molecule has 0 unspecified atom stereocenters. The molecule has 4 rings (SSSR count). The summed E-state index contributed by atoms with van der Waals surface area (Å²) >= 11 is 1.66. The number of hydrogen-bond acceptors (Lipinski definition) is 6. The molecule has 1 aromatic carbocycles. The Bertz CT molecular complexity index is 1150. The zero-order chi connectivity index (χ0) is 20.4. The maximum atomic E-state index is 13.1. The Morgan fingerprint density at radius 3 is 2.59 bits per heavy atom. The van der Waals surface area contributed by atoms with Gasteiger partial charge in [-0.1, -0.05) is 6.07 Å². The minimum absolute atomic E-state index is 0.244. The average molecular weight is 408 g/mol. The van der Waals surface area contributed by atoms with Crippen LogP contribution in [0.1, 0.15) is 20.9 Å². The van der Waals surface area contributed by atoms with E-state index in [1.165, 1.54) is 4.88 Å². The highest BCUT2D eigenvalue weighted by Crippen LogP contribution is 2.27. The van der Waals surface area contributed by atoms with Crippen molar-refractivity contribution >= 4 is 34.0 Å². The lowest BCUT2D eigenvalue weighted by Crippen LogP contribution is -2.13. The van der Waals surface area contributed by atoms with E-state index in [1.54, 1.807) is 56.0 Å². The van der Waals surface area contributed by atoms with E-state index >= 15 is 0 Å². The van der Waals surface area contributed by atoms with Gasteiger partial charge < -0.3 is 14.8 Å². The Morgan fingerprint density at radius 2 is 1.93 bits per heavy atom. The number of aryl methyl sites for hydroxylation is 1. The van der Waals surface area contributed by atoms with Gasteiger partial charge in [0.1, 0.15) is 11.5 Å². The molecule has 4 aromatic rings. The van der Waals surface area contributed by atoms with Crippen LogP contribution in [0.25, 0.3) is 11.0 Å². The van der Waals surface area contributed by atoms with Crippen LogP contribution < -0.4 is 14.8 Å². The van der Waals surface area contributed by atoms with Crippen molar-refractivity contribution in [3.05, 3.63) is 64.1 Å². The first-order valence-corrected chi connectivity index (χ1v) is 9.85. The lowest BCUT2D eigenvalue weighted by atomic mass is 10.1. The summed E-state index contributed by atoms with van der Waals surface area (Å²) in [5, 5.41) is 10.1. The number of carbonyl (C=O) groups is 1. The minimum atomic E-state index is -0.244. The Hall–Kier alpha value is -3.39. The molecule has 1 amide bonds. The molecule has 0 saturated carbocycles. The third kappa shape index (κ3) is 3.93. The number of methoxy groups -OCH3 is 2. The van der Waals surface area contributed by atoms with Gasteiger partial charge in [0.25, 0.3) is 5.91 Å². The van der Waals surface area contributed by atoms with Crippen molar-refractivity contribution in [1.82, 2.24) is 14.8 Å². The number of benzene rings is 1. The second-order valence-electron chi connectivity index (χ2n) is 6.49. The van der Waals surface area contributed by atoms with Gasteiger partial charge in [-0.15, -0.1) is 11.3 Å². The Labute approximate surface area is 171 Å². The number of fused-ring (bicyclic) bond motifs is 1. The molecule has 3 aromatic heterocycles. The number of anilines is 1. The fourth-order valence-electron chi connectivity index (χ4n) is 3.10. The highest BCUT2D eigenvalue weighted by atomic mass is 32.1. The van der Waals surface area contributed by atoms with Gasteiger partial charge in [0.15, 0.2) is 5.65 Å². The smallest absolute Gasteiger partial charge is 0.256 e. The van der Waals surface area contributed by atoms with E-state index in [0.717, 1.165) is 5.69 Å². The van der Waals surface area contributed by atoms with Gasteiger partial charge in [0, 0.05) is 34.5 Å². The fourth-order valence-corrected chi connectivity index (χ4v) is 3.79. The number of hydrogen-bond donors (Lipinski definition) is 1. The maximum Gasteiger partial charge on any atom is 0.256 e. The van der Waals surface area contributed by atoms with E-state index in [1.807, 2.05) is 23.1 Å². The molecule has 3 heterocycles. The molecule has 0 aliphatic rings. The predicted octanol–water partition coefficient (Wildman–Crippen LogP) is 4.12. The Morgan fingerprint density at radius 1 is 1.17 bits per heavy atom. The molecule has 7 nitrogen and oxygen atoms in total. The van der Waals surface area contributed by atoms with Crippen LogP contribution in [-0.4, -0.2) is 34.9 Å². The zero-order valence-corrected chi connectivity index (χ0v) is 17.1. The highest BCUT2D eigenvalue weighted by molar-refractivity contribution is 7.09. The standard InChI is InChI=1S/C21H20N4O3S/c1-13-7-18(21(26)24-14-8-15(27-2)10-16(9-14)28-3)19-11-22-25(20(19)23-13)12-17-5-4-6-29-17/h4-11H,12H2,1-3H3,(H,24,26). The molecular formula is C21H20N4O3S. The molecule has 0 fully saturated rings. The molecule has 29 heavy (non-hydrogen) atoms. The first-order chi connectivity index (χ1) is 14.1. The van der Waals surface area contributed by atoms with Crippen molar-refractivity contribution in [2.24, 2.45) is 0 Å². The zero-order valence-electron chi connectivity index (χ0n) is 16.3. The summed E-state index contributed by atoms with van der Waals surface area (Å²) in [7, 11) is 3.14. The van der Waals surface area contributed by atoms with Crippen LogP contribution in [0.15, 0.2) is 48.0 Å². The number of amides is 1. The van der Waals surface area contributed by atoms with Gasteiger partial charge in [-0.2, -0.15) is 5.10 Å². The van der Waals surface area contributed by atoms with Crippen LogP contribution in [-0.2, 0) is 6.54 Å². The van der Waals surface area contributed by atoms with Crippen LogP contribution in [0.2, 0.25) is 0 Å². The van der Waals surface area contributed by atoms with Crippen molar-refractivity contribution in [1.29, 1.82) is 0 Å². The maximum absolute atomic E-state index is 13.1. The Kier molecular flexibility index (Phi) is 5.18. The fraction of sp³-hybridized carbons (Fsp3) is 0.190. The van der Waals surface area contributed by atoms with Crippen molar-refractivity contribution in [2.75, 3.05) is 19.5 Å². The number of rotatable bonds is 6. The van der Waals surface area contributed by atoms with E-state index in [0.29, 0.717) is 40.3 Å². The summed E-state index contributed by atoms with van der Waals surface area (Å²) < 4.78 is 12.4. The van der Waals surface area contributed by atoms with Crippen LogP contribution >= 0.6 is 11.3 Å². The van der Waals surface area contributed by atoms with Gasteiger partial charge in [-0.05, 0) is 24.4 Å². The number of ether oxygens (including phenoxy) is 2. The monoisotopic (exact) mass is 408 g/mol. The molecular weight excluding hydrogens is 388 g/mol. The number of carbonyl (C=O) groups excluding carboxylic acids is 1. The summed E-state index contributed by atoms with van der Waals surface area (Å²) in [6.07, 6.45) is 1.69. The minimum Gasteiger partial charge on any atom is -0.497 e. The summed E-state index contributed by atoms with van der Waals surface area (Å²) in [6, 6.07) is 11.1. The number of pyridine rings is 1. The molecule has 0 aliphatic heterocycles. The van der Waals surface area contributed by atoms with Crippen LogP contribution in [0.5, 0.6) is 11.5 Å². The number of thiophene rings is 1. The molecule has 148 valence electrons. The van der Waals surface area contributed by atoms with E-state index in [9.17, 15) is 4.79 Å². The first kappa shape index (κ1) is 18.9. The molecule has 1 N–H and O–H groups in total. The average Bonchev–Trinajstić information content (AvgIpc) is 3.37. The number of nitrogens with zero attached hydrogens (tertiary/aromatic N) is 3. The van der Waals surface area contributed by atoms with E-state index in [4.69, 9.17) is 9.47 Å². The highest BCUT2D eigenvalue weighted by Gasteiger charge is 2.17. The molecule has 0 aliphatic carbocycles. The topological polar surface area (TPSA) is 78.3 Å². The largest absolute Gasteiger partial charge is 0.497 e. The molecule has 8 heteroatoms. The Balaban J connectivity index is 1.68. The number of nitrogens with one attached hydrogen (secondary N) is 1. The van der Waals surface area contributed by atoms with Crippen molar-refractivity contribution in [3.63, 3.8) is 0 Å².